The van der Waals surface area contributed by atoms with Crippen LogP contribution in [0.2, 0.25) is 0 Å². The number of carbonyl (C=O) groups is 2. The maximum atomic E-state index is 12.2. The molecule has 7 heteroatoms. The molecule has 1 aliphatic heterocycles. The van der Waals surface area contributed by atoms with Gasteiger partial charge in [-0.3, -0.25) is 9.59 Å². The summed E-state index contributed by atoms with van der Waals surface area (Å²) in [4.78, 5) is 24.2. The van der Waals surface area contributed by atoms with Crippen molar-refractivity contribution >= 4 is 24.3 Å². The highest BCUT2D eigenvalue weighted by Gasteiger charge is 2.30. The molecule has 0 aliphatic carbocycles. The molecule has 1 amide bonds. The first-order chi connectivity index (χ1) is 11.5. The Labute approximate surface area is 154 Å². The molecule has 1 aromatic carbocycles. The summed E-state index contributed by atoms with van der Waals surface area (Å²) in [7, 11) is 1.36. The lowest BCUT2D eigenvalue weighted by atomic mass is 9.98. The molecule has 0 radical (unpaired) electrons. The zero-order chi connectivity index (χ0) is 17.5. The van der Waals surface area contributed by atoms with Crippen molar-refractivity contribution in [2.24, 2.45) is 11.7 Å². The van der Waals surface area contributed by atoms with Gasteiger partial charge < -0.3 is 20.5 Å². The number of nitrogens with two attached hydrogens (primary N) is 1. The van der Waals surface area contributed by atoms with E-state index in [1.165, 1.54) is 7.11 Å². The summed E-state index contributed by atoms with van der Waals surface area (Å²) in [5, 5.41) is 2.81. The van der Waals surface area contributed by atoms with Gasteiger partial charge in [0.25, 0.3) is 0 Å². The molecule has 1 aromatic rings. The maximum Gasteiger partial charge on any atom is 0.310 e. The standard InChI is InChI=1S/C18H26N2O4.ClH/c1-12-4-3-5-13(8-12)9-14(18(22)23-2)11-20-17(21)16-7-6-15(10-19)24-16;/h3-5,8,14-16H,6-7,9-11,19H2,1-2H3,(H,20,21);1H/t14?,15-,16+;/m1./s1. The minimum absolute atomic E-state index is 0. The highest BCUT2D eigenvalue weighted by atomic mass is 35.5. The normalized spacial score (nSPS) is 20.4. The van der Waals surface area contributed by atoms with Crippen LogP contribution in [0.15, 0.2) is 24.3 Å². The fraction of sp³-hybridized carbons (Fsp3) is 0.556. The van der Waals surface area contributed by atoms with Gasteiger partial charge in [0.1, 0.15) is 6.10 Å². The molecular weight excluding hydrogens is 344 g/mol. The number of benzene rings is 1. The highest BCUT2D eigenvalue weighted by molar-refractivity contribution is 5.85. The van der Waals surface area contributed by atoms with Gasteiger partial charge >= 0.3 is 5.97 Å². The summed E-state index contributed by atoms with van der Waals surface area (Å²) < 4.78 is 10.4. The highest BCUT2D eigenvalue weighted by Crippen LogP contribution is 2.19. The molecule has 1 fully saturated rings. The number of ether oxygens (including phenoxy) is 2. The number of esters is 1. The first kappa shape index (κ1) is 21.4. The predicted octanol–water partition coefficient (Wildman–Crippen LogP) is 1.37. The number of amides is 1. The van der Waals surface area contributed by atoms with Gasteiger partial charge in [-0.1, -0.05) is 29.8 Å². The van der Waals surface area contributed by atoms with E-state index < -0.39 is 12.0 Å². The molecule has 25 heavy (non-hydrogen) atoms. The largest absolute Gasteiger partial charge is 0.469 e. The van der Waals surface area contributed by atoms with Crippen LogP contribution in [-0.4, -0.2) is 44.3 Å². The van der Waals surface area contributed by atoms with Crippen molar-refractivity contribution in [2.45, 2.75) is 38.4 Å². The number of rotatable bonds is 7. The molecule has 0 aromatic heterocycles. The molecule has 0 spiro atoms. The van der Waals surface area contributed by atoms with Crippen LogP contribution in [0.5, 0.6) is 0 Å². The summed E-state index contributed by atoms with van der Waals surface area (Å²) in [5.41, 5.74) is 7.73. The van der Waals surface area contributed by atoms with Gasteiger partial charge in [0.05, 0.1) is 19.1 Å². The lowest BCUT2D eigenvalue weighted by Gasteiger charge is -2.18. The molecule has 1 saturated heterocycles. The Morgan fingerprint density at radius 2 is 2.16 bits per heavy atom. The van der Waals surface area contributed by atoms with Crippen LogP contribution in [0.4, 0.5) is 0 Å². The van der Waals surface area contributed by atoms with Crippen LogP contribution in [0, 0.1) is 12.8 Å². The fourth-order valence-electron chi connectivity index (χ4n) is 2.94. The van der Waals surface area contributed by atoms with Crippen molar-refractivity contribution in [1.82, 2.24) is 5.32 Å². The van der Waals surface area contributed by atoms with Crippen LogP contribution >= 0.6 is 12.4 Å². The van der Waals surface area contributed by atoms with E-state index in [-0.39, 0.29) is 36.9 Å². The molecule has 6 nitrogen and oxygen atoms in total. The number of nitrogens with one attached hydrogen (secondary N) is 1. The molecule has 1 unspecified atom stereocenters. The molecule has 0 bridgehead atoms. The number of hydrogen-bond acceptors (Lipinski definition) is 5. The van der Waals surface area contributed by atoms with Crippen LogP contribution in [0.25, 0.3) is 0 Å². The Balaban J connectivity index is 0.00000312. The molecule has 140 valence electrons. The third-order valence-electron chi connectivity index (χ3n) is 4.28. The van der Waals surface area contributed by atoms with Crippen LogP contribution in [0.1, 0.15) is 24.0 Å². The zero-order valence-corrected chi connectivity index (χ0v) is 15.5. The van der Waals surface area contributed by atoms with E-state index in [1.54, 1.807) is 0 Å². The van der Waals surface area contributed by atoms with Crippen molar-refractivity contribution in [3.05, 3.63) is 35.4 Å². The number of methoxy groups -OCH3 is 1. The molecule has 2 rings (SSSR count). The summed E-state index contributed by atoms with van der Waals surface area (Å²) in [6.07, 6.45) is 1.44. The monoisotopic (exact) mass is 370 g/mol. The minimum atomic E-state index is -0.476. The van der Waals surface area contributed by atoms with E-state index in [2.05, 4.69) is 5.32 Å². The zero-order valence-electron chi connectivity index (χ0n) is 14.7. The van der Waals surface area contributed by atoms with Crippen LogP contribution in [0.3, 0.4) is 0 Å². The third kappa shape index (κ3) is 6.30. The van der Waals surface area contributed by atoms with E-state index >= 15 is 0 Å². The molecule has 1 heterocycles. The summed E-state index contributed by atoms with van der Waals surface area (Å²) in [6.45, 7) is 2.65. The van der Waals surface area contributed by atoms with Gasteiger partial charge in [0.15, 0.2) is 0 Å². The first-order valence-electron chi connectivity index (χ1n) is 8.30. The quantitative estimate of drug-likeness (QED) is 0.707. The van der Waals surface area contributed by atoms with E-state index in [4.69, 9.17) is 15.2 Å². The SMILES string of the molecule is COC(=O)C(CNC(=O)[C@@H]1CC[C@H](CN)O1)Cc1cccc(C)c1.Cl. The van der Waals surface area contributed by atoms with Crippen molar-refractivity contribution < 1.29 is 19.1 Å². The first-order valence-corrected chi connectivity index (χ1v) is 8.30. The van der Waals surface area contributed by atoms with Gasteiger partial charge in [-0.2, -0.15) is 0 Å². The average Bonchev–Trinajstić information content (AvgIpc) is 3.07. The third-order valence-corrected chi connectivity index (χ3v) is 4.28. The molecule has 3 N–H and O–H groups in total. The van der Waals surface area contributed by atoms with Crippen LogP contribution < -0.4 is 11.1 Å². The van der Waals surface area contributed by atoms with Gasteiger partial charge in [-0.25, -0.2) is 0 Å². The number of aryl methyl sites for hydroxylation is 1. The Morgan fingerprint density at radius 3 is 2.76 bits per heavy atom. The van der Waals surface area contributed by atoms with Crippen molar-refractivity contribution in [1.29, 1.82) is 0 Å². The molecule has 0 saturated carbocycles. The lowest BCUT2D eigenvalue weighted by Crippen LogP contribution is -2.40. The van der Waals surface area contributed by atoms with Gasteiger partial charge in [-0.05, 0) is 31.7 Å². The van der Waals surface area contributed by atoms with Crippen molar-refractivity contribution in [2.75, 3.05) is 20.2 Å². The van der Waals surface area contributed by atoms with E-state index in [1.807, 2.05) is 31.2 Å². The van der Waals surface area contributed by atoms with Gasteiger partial charge in [-0.15, -0.1) is 12.4 Å². The van der Waals surface area contributed by atoms with Gasteiger partial charge in [0, 0.05) is 13.1 Å². The van der Waals surface area contributed by atoms with E-state index in [0.717, 1.165) is 17.5 Å². The Bertz CT molecular complexity index is 582. The number of carbonyl (C=O) groups excluding carboxylic acids is 2. The lowest BCUT2D eigenvalue weighted by molar-refractivity contribution is -0.145. The number of halogens is 1. The average molecular weight is 371 g/mol. The Kier molecular flexibility index (Phi) is 8.89. The van der Waals surface area contributed by atoms with Crippen molar-refractivity contribution in [3.8, 4) is 0 Å². The van der Waals surface area contributed by atoms with E-state index in [0.29, 0.717) is 19.4 Å². The minimum Gasteiger partial charge on any atom is -0.469 e. The summed E-state index contributed by atoms with van der Waals surface area (Å²) in [5.74, 6) is -0.944. The summed E-state index contributed by atoms with van der Waals surface area (Å²) in [6, 6.07) is 7.96. The van der Waals surface area contributed by atoms with Crippen LogP contribution in [-0.2, 0) is 25.5 Å². The van der Waals surface area contributed by atoms with Gasteiger partial charge in [0.2, 0.25) is 5.91 Å². The summed E-state index contributed by atoms with van der Waals surface area (Å²) >= 11 is 0. The maximum absolute atomic E-state index is 12.2. The molecular formula is C18H27ClN2O4. The predicted molar refractivity (Wildman–Crippen MR) is 97.6 cm³/mol. The van der Waals surface area contributed by atoms with E-state index in [9.17, 15) is 9.59 Å². The second-order valence-electron chi connectivity index (χ2n) is 6.22. The molecule has 3 atom stereocenters. The molecule has 1 aliphatic rings. The smallest absolute Gasteiger partial charge is 0.310 e. The topological polar surface area (TPSA) is 90.7 Å². The van der Waals surface area contributed by atoms with Crippen molar-refractivity contribution in [3.63, 3.8) is 0 Å². The second-order valence-corrected chi connectivity index (χ2v) is 6.22. The Morgan fingerprint density at radius 1 is 1.40 bits per heavy atom. The number of hydrogen-bond donors (Lipinski definition) is 2. The Hall–Kier alpha value is -1.63. The fourth-order valence-corrected chi connectivity index (χ4v) is 2.94. The second kappa shape index (κ2) is 10.4.